The Balaban J connectivity index is 2.41. The van der Waals surface area contributed by atoms with Crippen LogP contribution in [0.1, 0.15) is 66.0 Å². The van der Waals surface area contributed by atoms with Crippen LogP contribution in [0.2, 0.25) is 0 Å². The van der Waals surface area contributed by atoms with Crippen molar-refractivity contribution in [1.29, 1.82) is 0 Å². The van der Waals surface area contributed by atoms with Gasteiger partial charge in [0.1, 0.15) is 5.82 Å². The third-order valence-corrected chi connectivity index (χ3v) is 4.49. The van der Waals surface area contributed by atoms with Crippen molar-refractivity contribution >= 4 is 5.82 Å². The molecule has 2 rings (SSSR count). The maximum atomic E-state index is 4.76. The standard InChI is InChI=1S/C18H31N3/c1-13(2)20-12-8-10-17(20)16-9-7-11-19-18(16)21(14(3)4)15(5)6/h7,9,11,13-15,17H,8,10,12H2,1-6H3/t17-/m0/s1. The maximum absolute atomic E-state index is 4.76. The van der Waals surface area contributed by atoms with Crippen molar-refractivity contribution in [3.63, 3.8) is 0 Å². The quantitative estimate of drug-likeness (QED) is 0.808. The van der Waals surface area contributed by atoms with Crippen LogP contribution in [0, 0.1) is 0 Å². The summed E-state index contributed by atoms with van der Waals surface area (Å²) in [5.41, 5.74) is 1.41. The highest BCUT2D eigenvalue weighted by Crippen LogP contribution is 2.38. The van der Waals surface area contributed by atoms with Gasteiger partial charge in [-0.05, 0) is 67.0 Å². The summed E-state index contributed by atoms with van der Waals surface area (Å²) in [6.07, 6.45) is 4.48. The van der Waals surface area contributed by atoms with Crippen LogP contribution in [0.25, 0.3) is 0 Å². The van der Waals surface area contributed by atoms with Crippen LogP contribution < -0.4 is 4.90 Å². The summed E-state index contributed by atoms with van der Waals surface area (Å²) >= 11 is 0. The number of anilines is 1. The van der Waals surface area contributed by atoms with Gasteiger partial charge in [-0.2, -0.15) is 0 Å². The predicted octanol–water partition coefficient (Wildman–Crippen LogP) is 4.25. The fourth-order valence-electron chi connectivity index (χ4n) is 3.71. The Morgan fingerprint density at radius 1 is 1.14 bits per heavy atom. The van der Waals surface area contributed by atoms with Crippen LogP contribution in [0.4, 0.5) is 5.82 Å². The van der Waals surface area contributed by atoms with E-state index in [4.69, 9.17) is 4.98 Å². The third kappa shape index (κ3) is 3.39. The van der Waals surface area contributed by atoms with Crippen LogP contribution in [-0.2, 0) is 0 Å². The third-order valence-electron chi connectivity index (χ3n) is 4.49. The van der Waals surface area contributed by atoms with Gasteiger partial charge in [0.15, 0.2) is 0 Å². The van der Waals surface area contributed by atoms with E-state index in [2.05, 4.69) is 63.5 Å². The molecule has 3 nitrogen and oxygen atoms in total. The van der Waals surface area contributed by atoms with Crippen molar-refractivity contribution in [3.05, 3.63) is 23.9 Å². The van der Waals surface area contributed by atoms with E-state index in [1.165, 1.54) is 30.8 Å². The number of aromatic nitrogens is 1. The Hall–Kier alpha value is -1.09. The lowest BCUT2D eigenvalue weighted by atomic mass is 10.0. The fraction of sp³-hybridized carbons (Fsp3) is 0.722. The Labute approximate surface area is 130 Å². The monoisotopic (exact) mass is 289 g/mol. The van der Waals surface area contributed by atoms with Crippen molar-refractivity contribution in [2.45, 2.75) is 78.6 Å². The molecule has 1 saturated heterocycles. The zero-order valence-corrected chi connectivity index (χ0v) is 14.5. The largest absolute Gasteiger partial charge is 0.351 e. The molecule has 0 N–H and O–H groups in total. The van der Waals surface area contributed by atoms with Gasteiger partial charge in [0.2, 0.25) is 0 Å². The molecule has 1 aliphatic rings. The predicted molar refractivity (Wildman–Crippen MR) is 90.8 cm³/mol. The minimum absolute atomic E-state index is 0.465. The van der Waals surface area contributed by atoms with Gasteiger partial charge in [-0.15, -0.1) is 0 Å². The summed E-state index contributed by atoms with van der Waals surface area (Å²) in [6, 6.07) is 6.42. The van der Waals surface area contributed by atoms with Crippen molar-refractivity contribution in [2.24, 2.45) is 0 Å². The minimum atomic E-state index is 0.465. The molecule has 3 heteroatoms. The molecule has 0 saturated carbocycles. The Kier molecular flexibility index (Phi) is 5.26. The first-order chi connectivity index (χ1) is 9.93. The second-order valence-electron chi connectivity index (χ2n) is 7.00. The first-order valence-electron chi connectivity index (χ1n) is 8.42. The van der Waals surface area contributed by atoms with Gasteiger partial charge in [-0.3, -0.25) is 4.90 Å². The molecule has 0 radical (unpaired) electrons. The fourth-order valence-corrected chi connectivity index (χ4v) is 3.71. The summed E-state index contributed by atoms with van der Waals surface area (Å²) in [6.45, 7) is 14.8. The van der Waals surface area contributed by atoms with E-state index >= 15 is 0 Å². The molecule has 0 bridgehead atoms. The number of nitrogens with zero attached hydrogens (tertiary/aromatic N) is 3. The summed E-state index contributed by atoms with van der Waals surface area (Å²) in [4.78, 5) is 9.83. The molecule has 118 valence electrons. The Morgan fingerprint density at radius 3 is 2.38 bits per heavy atom. The van der Waals surface area contributed by atoms with Gasteiger partial charge >= 0.3 is 0 Å². The van der Waals surface area contributed by atoms with Crippen LogP contribution >= 0.6 is 0 Å². The van der Waals surface area contributed by atoms with E-state index in [9.17, 15) is 0 Å². The second-order valence-corrected chi connectivity index (χ2v) is 7.00. The van der Waals surface area contributed by atoms with Crippen LogP contribution in [0.15, 0.2) is 18.3 Å². The summed E-state index contributed by atoms with van der Waals surface area (Å²) in [7, 11) is 0. The number of hydrogen-bond donors (Lipinski definition) is 0. The highest BCUT2D eigenvalue weighted by Gasteiger charge is 2.31. The van der Waals surface area contributed by atoms with E-state index < -0.39 is 0 Å². The SMILES string of the molecule is CC(C)N(c1ncccc1[C@@H]1CCCN1C(C)C)C(C)C. The normalized spacial score (nSPS) is 20.0. The van der Waals surface area contributed by atoms with Gasteiger partial charge in [-0.25, -0.2) is 4.98 Å². The Morgan fingerprint density at radius 2 is 1.81 bits per heavy atom. The molecule has 0 aliphatic carbocycles. The second kappa shape index (κ2) is 6.78. The van der Waals surface area contributed by atoms with Gasteiger partial charge in [0.05, 0.1) is 0 Å². The highest BCUT2D eigenvalue weighted by atomic mass is 15.2. The number of rotatable bonds is 5. The molecule has 0 aromatic carbocycles. The Bertz CT molecular complexity index is 446. The molecule has 1 aliphatic heterocycles. The first-order valence-corrected chi connectivity index (χ1v) is 8.42. The lowest BCUT2D eigenvalue weighted by Gasteiger charge is -2.36. The van der Waals surface area contributed by atoms with E-state index in [0.717, 1.165) is 0 Å². The molecular formula is C18H31N3. The van der Waals surface area contributed by atoms with Gasteiger partial charge < -0.3 is 4.90 Å². The van der Waals surface area contributed by atoms with E-state index in [1.54, 1.807) is 0 Å². The average Bonchev–Trinajstić information content (AvgIpc) is 2.87. The van der Waals surface area contributed by atoms with E-state index in [0.29, 0.717) is 24.2 Å². The molecule has 21 heavy (non-hydrogen) atoms. The van der Waals surface area contributed by atoms with Crippen molar-refractivity contribution in [2.75, 3.05) is 11.4 Å². The van der Waals surface area contributed by atoms with Crippen molar-refractivity contribution in [3.8, 4) is 0 Å². The van der Waals surface area contributed by atoms with Crippen LogP contribution in [-0.4, -0.2) is 34.6 Å². The molecule has 2 heterocycles. The lowest BCUT2D eigenvalue weighted by Crippen LogP contribution is -2.39. The number of hydrogen-bond acceptors (Lipinski definition) is 3. The van der Waals surface area contributed by atoms with Gasteiger partial charge in [0.25, 0.3) is 0 Å². The summed E-state index contributed by atoms with van der Waals surface area (Å²) in [5, 5.41) is 0. The first kappa shape index (κ1) is 16.3. The molecule has 1 aromatic rings. The maximum Gasteiger partial charge on any atom is 0.133 e. The zero-order chi connectivity index (χ0) is 15.6. The topological polar surface area (TPSA) is 19.4 Å². The van der Waals surface area contributed by atoms with Crippen LogP contribution in [0.3, 0.4) is 0 Å². The van der Waals surface area contributed by atoms with E-state index in [-0.39, 0.29) is 0 Å². The number of pyridine rings is 1. The zero-order valence-electron chi connectivity index (χ0n) is 14.5. The van der Waals surface area contributed by atoms with Gasteiger partial charge in [-0.1, -0.05) is 6.07 Å². The molecular weight excluding hydrogens is 258 g/mol. The molecule has 0 unspecified atom stereocenters. The molecule has 1 aromatic heterocycles. The number of likely N-dealkylation sites (tertiary alicyclic amines) is 1. The molecule has 0 spiro atoms. The van der Waals surface area contributed by atoms with Crippen molar-refractivity contribution in [1.82, 2.24) is 9.88 Å². The summed E-state index contributed by atoms with van der Waals surface area (Å²) < 4.78 is 0. The van der Waals surface area contributed by atoms with Gasteiger partial charge in [0, 0.05) is 35.9 Å². The highest BCUT2D eigenvalue weighted by molar-refractivity contribution is 5.50. The molecule has 1 atom stereocenters. The average molecular weight is 289 g/mol. The summed E-state index contributed by atoms with van der Waals surface area (Å²) in [5.74, 6) is 1.18. The van der Waals surface area contributed by atoms with Crippen LogP contribution in [0.5, 0.6) is 0 Å². The van der Waals surface area contributed by atoms with E-state index in [1.807, 2.05) is 6.20 Å². The smallest absolute Gasteiger partial charge is 0.133 e. The van der Waals surface area contributed by atoms with Crippen molar-refractivity contribution < 1.29 is 0 Å². The molecule has 0 amide bonds. The molecule has 1 fully saturated rings. The lowest BCUT2D eigenvalue weighted by molar-refractivity contribution is 0.205. The minimum Gasteiger partial charge on any atom is -0.351 e.